The van der Waals surface area contributed by atoms with Crippen molar-refractivity contribution in [2.45, 2.75) is 31.1 Å². The first kappa shape index (κ1) is 15.8. The zero-order valence-corrected chi connectivity index (χ0v) is 12.8. The van der Waals surface area contributed by atoms with Crippen LogP contribution in [0.2, 0.25) is 0 Å². The minimum atomic E-state index is -3.90. The van der Waals surface area contributed by atoms with E-state index in [-0.39, 0.29) is 10.5 Å². The lowest BCUT2D eigenvalue weighted by atomic mass is 9.94. The van der Waals surface area contributed by atoms with Crippen molar-refractivity contribution in [1.29, 1.82) is 0 Å². The number of primary sulfonamides is 1. The molecular weight excluding hydrogens is 292 g/mol. The lowest BCUT2D eigenvalue weighted by Gasteiger charge is -2.34. The molecule has 1 aliphatic rings. The highest BCUT2D eigenvalue weighted by Crippen LogP contribution is 2.29. The molecule has 21 heavy (non-hydrogen) atoms. The summed E-state index contributed by atoms with van der Waals surface area (Å²) >= 11 is 0. The van der Waals surface area contributed by atoms with Crippen LogP contribution in [0.15, 0.2) is 23.1 Å². The standard InChI is InChI=1S/C14H20N2O4S/c1-2-10-5-7-16(8-6-10)13-4-3-11(21(15,19)20)9-12(13)14(17)18/h3-4,9-10H,2,5-8H2,1H3,(H,17,18)(H2,15,19,20). The van der Waals surface area contributed by atoms with Crippen LogP contribution in [0, 0.1) is 5.92 Å². The summed E-state index contributed by atoms with van der Waals surface area (Å²) in [6.07, 6.45) is 3.17. The first-order valence-electron chi connectivity index (χ1n) is 6.98. The van der Waals surface area contributed by atoms with Gasteiger partial charge >= 0.3 is 5.97 Å². The molecule has 1 aliphatic heterocycles. The fourth-order valence-corrected chi connectivity index (χ4v) is 3.26. The summed E-state index contributed by atoms with van der Waals surface area (Å²) in [5.74, 6) is -0.466. The summed E-state index contributed by atoms with van der Waals surface area (Å²) in [5, 5.41) is 14.4. The summed E-state index contributed by atoms with van der Waals surface area (Å²) in [6.45, 7) is 3.73. The van der Waals surface area contributed by atoms with E-state index in [1.165, 1.54) is 12.1 Å². The van der Waals surface area contributed by atoms with Crippen LogP contribution < -0.4 is 10.0 Å². The van der Waals surface area contributed by atoms with Crippen LogP contribution >= 0.6 is 0 Å². The summed E-state index contributed by atoms with van der Waals surface area (Å²) in [5.41, 5.74) is 0.543. The predicted octanol–water partition coefficient (Wildman–Crippen LogP) is 1.66. The second-order valence-electron chi connectivity index (χ2n) is 5.37. The smallest absolute Gasteiger partial charge is 0.337 e. The molecule has 1 aromatic rings. The molecule has 3 N–H and O–H groups in total. The van der Waals surface area contributed by atoms with Gasteiger partial charge in [-0.2, -0.15) is 0 Å². The van der Waals surface area contributed by atoms with Gasteiger partial charge < -0.3 is 10.0 Å². The Balaban J connectivity index is 2.34. The molecule has 7 heteroatoms. The third-order valence-corrected chi connectivity index (χ3v) is 4.97. The van der Waals surface area contributed by atoms with E-state index >= 15 is 0 Å². The van der Waals surface area contributed by atoms with Gasteiger partial charge in [0, 0.05) is 13.1 Å². The highest BCUT2D eigenvalue weighted by Gasteiger charge is 2.23. The van der Waals surface area contributed by atoms with Gasteiger partial charge in [-0.3, -0.25) is 0 Å². The molecule has 0 bridgehead atoms. The van der Waals surface area contributed by atoms with Gasteiger partial charge in [-0.1, -0.05) is 13.3 Å². The number of carboxylic acids is 1. The Morgan fingerprint density at radius 3 is 2.48 bits per heavy atom. The van der Waals surface area contributed by atoms with Crippen LogP contribution in [0.5, 0.6) is 0 Å². The second-order valence-corrected chi connectivity index (χ2v) is 6.93. The van der Waals surface area contributed by atoms with Crippen molar-refractivity contribution in [2.24, 2.45) is 11.1 Å². The Morgan fingerprint density at radius 1 is 1.38 bits per heavy atom. The molecule has 0 amide bonds. The van der Waals surface area contributed by atoms with E-state index in [4.69, 9.17) is 5.14 Å². The number of benzene rings is 1. The molecule has 1 heterocycles. The lowest BCUT2D eigenvalue weighted by Crippen LogP contribution is -2.34. The molecule has 0 radical (unpaired) electrons. The number of aromatic carboxylic acids is 1. The van der Waals surface area contributed by atoms with E-state index < -0.39 is 16.0 Å². The molecule has 0 atom stereocenters. The molecule has 0 saturated carbocycles. The molecular formula is C14H20N2O4S. The SMILES string of the molecule is CCC1CCN(c2ccc(S(N)(=O)=O)cc2C(=O)O)CC1. The highest BCUT2D eigenvalue weighted by molar-refractivity contribution is 7.89. The Labute approximate surface area is 124 Å². The zero-order valence-electron chi connectivity index (χ0n) is 11.9. The lowest BCUT2D eigenvalue weighted by molar-refractivity contribution is 0.0697. The van der Waals surface area contributed by atoms with E-state index in [0.717, 1.165) is 38.4 Å². The minimum Gasteiger partial charge on any atom is -0.478 e. The first-order valence-corrected chi connectivity index (χ1v) is 8.52. The van der Waals surface area contributed by atoms with Gasteiger partial charge in [-0.15, -0.1) is 0 Å². The van der Waals surface area contributed by atoms with E-state index in [9.17, 15) is 18.3 Å². The van der Waals surface area contributed by atoms with Crippen molar-refractivity contribution in [2.75, 3.05) is 18.0 Å². The van der Waals surface area contributed by atoms with Gasteiger partial charge in [0.2, 0.25) is 10.0 Å². The molecule has 6 nitrogen and oxygen atoms in total. The van der Waals surface area contributed by atoms with Gasteiger partial charge in [-0.05, 0) is 37.0 Å². The van der Waals surface area contributed by atoms with Crippen LogP contribution in [0.1, 0.15) is 36.5 Å². The fourth-order valence-electron chi connectivity index (χ4n) is 2.72. The fraction of sp³-hybridized carbons (Fsp3) is 0.500. The number of hydrogen-bond donors (Lipinski definition) is 2. The number of sulfonamides is 1. The van der Waals surface area contributed by atoms with Crippen LogP contribution in [0.3, 0.4) is 0 Å². The van der Waals surface area contributed by atoms with Crippen LogP contribution in [0.4, 0.5) is 5.69 Å². The Bertz CT molecular complexity index is 634. The number of nitrogens with two attached hydrogens (primary N) is 1. The number of rotatable bonds is 4. The van der Waals surface area contributed by atoms with Crippen molar-refractivity contribution >= 4 is 21.7 Å². The maximum atomic E-state index is 11.4. The number of carbonyl (C=O) groups is 1. The average Bonchev–Trinajstić information content (AvgIpc) is 2.45. The number of carboxylic acid groups (broad SMARTS) is 1. The van der Waals surface area contributed by atoms with Gasteiger partial charge in [0.15, 0.2) is 0 Å². The number of nitrogens with zero attached hydrogens (tertiary/aromatic N) is 1. The first-order chi connectivity index (χ1) is 9.82. The number of hydrogen-bond acceptors (Lipinski definition) is 4. The van der Waals surface area contributed by atoms with Crippen molar-refractivity contribution in [3.63, 3.8) is 0 Å². The molecule has 0 aliphatic carbocycles. The summed E-state index contributed by atoms with van der Waals surface area (Å²) in [6, 6.07) is 4.04. The normalized spacial score (nSPS) is 17.0. The van der Waals surface area contributed by atoms with Gasteiger partial charge in [0.25, 0.3) is 0 Å². The highest BCUT2D eigenvalue weighted by atomic mass is 32.2. The van der Waals surface area contributed by atoms with Gasteiger partial charge in [0.1, 0.15) is 0 Å². The molecule has 1 fully saturated rings. The summed E-state index contributed by atoms with van der Waals surface area (Å²) in [4.78, 5) is 13.2. The monoisotopic (exact) mass is 312 g/mol. The van der Waals surface area contributed by atoms with Crippen molar-refractivity contribution in [3.8, 4) is 0 Å². The largest absolute Gasteiger partial charge is 0.478 e. The van der Waals surface area contributed by atoms with Crippen molar-refractivity contribution < 1.29 is 18.3 Å². The molecule has 2 rings (SSSR count). The molecule has 0 aromatic heterocycles. The van der Waals surface area contributed by atoms with Crippen molar-refractivity contribution in [1.82, 2.24) is 0 Å². The Morgan fingerprint density at radius 2 is 2.00 bits per heavy atom. The van der Waals surface area contributed by atoms with Crippen LogP contribution in [-0.2, 0) is 10.0 Å². The number of piperidine rings is 1. The maximum Gasteiger partial charge on any atom is 0.337 e. The van der Waals surface area contributed by atoms with Crippen LogP contribution in [-0.4, -0.2) is 32.6 Å². The van der Waals surface area contributed by atoms with E-state index in [2.05, 4.69) is 6.92 Å². The topological polar surface area (TPSA) is 101 Å². The van der Waals surface area contributed by atoms with Crippen LogP contribution in [0.25, 0.3) is 0 Å². The quantitative estimate of drug-likeness (QED) is 0.880. The minimum absolute atomic E-state index is 0.0172. The number of anilines is 1. The van der Waals surface area contributed by atoms with Crippen molar-refractivity contribution in [3.05, 3.63) is 23.8 Å². The second kappa shape index (κ2) is 6.03. The molecule has 0 unspecified atom stereocenters. The molecule has 1 aromatic carbocycles. The third kappa shape index (κ3) is 3.54. The zero-order chi connectivity index (χ0) is 15.6. The van der Waals surface area contributed by atoms with E-state index in [1.807, 2.05) is 4.90 Å². The van der Waals surface area contributed by atoms with E-state index in [0.29, 0.717) is 11.6 Å². The van der Waals surface area contributed by atoms with Gasteiger partial charge in [-0.25, -0.2) is 18.4 Å². The molecule has 1 saturated heterocycles. The Hall–Kier alpha value is -1.60. The predicted molar refractivity (Wildman–Crippen MR) is 80.0 cm³/mol. The molecule has 116 valence electrons. The third-order valence-electron chi connectivity index (χ3n) is 4.06. The summed E-state index contributed by atoms with van der Waals surface area (Å²) < 4.78 is 22.7. The average molecular weight is 312 g/mol. The summed E-state index contributed by atoms with van der Waals surface area (Å²) in [7, 11) is -3.90. The van der Waals surface area contributed by atoms with Gasteiger partial charge in [0.05, 0.1) is 16.1 Å². The van der Waals surface area contributed by atoms with E-state index in [1.54, 1.807) is 0 Å². The Kier molecular flexibility index (Phi) is 4.53. The maximum absolute atomic E-state index is 11.4. The molecule has 0 spiro atoms.